The highest BCUT2D eigenvalue weighted by atomic mass is 19.3. The Kier molecular flexibility index (Phi) is 9.22. The van der Waals surface area contributed by atoms with Crippen molar-refractivity contribution in [1.29, 1.82) is 0 Å². The fraction of sp³-hybridized carbons (Fsp3) is 0.489. The zero-order valence-electron chi connectivity index (χ0n) is 35.9. The first-order chi connectivity index (χ1) is 30.2. The number of H-pyrrole nitrogens is 1. The predicted molar refractivity (Wildman–Crippen MR) is 230 cm³/mol. The summed E-state index contributed by atoms with van der Waals surface area (Å²) in [7, 11) is 0. The van der Waals surface area contributed by atoms with Gasteiger partial charge in [-0.1, -0.05) is 12.6 Å². The van der Waals surface area contributed by atoms with Crippen LogP contribution < -0.4 is 19.9 Å². The molecule has 0 bridgehead atoms. The molecule has 7 aliphatic heterocycles. The van der Waals surface area contributed by atoms with Crippen LogP contribution in [0, 0.1) is 18.2 Å². The van der Waals surface area contributed by atoms with Gasteiger partial charge in [0, 0.05) is 90.7 Å². The van der Waals surface area contributed by atoms with Crippen molar-refractivity contribution in [2.24, 2.45) is 5.41 Å². The summed E-state index contributed by atoms with van der Waals surface area (Å²) >= 11 is 0. The summed E-state index contributed by atoms with van der Waals surface area (Å²) in [5.41, 5.74) is 7.21. The lowest BCUT2D eigenvalue weighted by Gasteiger charge is -2.61. The largest absolute Gasteiger partial charge is 0.489 e. The van der Waals surface area contributed by atoms with Gasteiger partial charge >= 0.3 is 0 Å². The molecule has 4 atom stereocenters. The summed E-state index contributed by atoms with van der Waals surface area (Å²) in [4.78, 5) is 52.1. The monoisotopic (exact) mass is 863 g/mol. The number of fused-ring (bicyclic) bond motifs is 8. The Balaban J connectivity index is 0.719. The van der Waals surface area contributed by atoms with Gasteiger partial charge in [0.25, 0.3) is 12.3 Å². The number of alkyl halides is 2. The van der Waals surface area contributed by atoms with Crippen molar-refractivity contribution in [3.8, 4) is 5.75 Å². The van der Waals surface area contributed by atoms with Crippen LogP contribution in [0.5, 0.6) is 5.75 Å². The number of amides is 3. The molecule has 1 spiro atoms. The number of hydrogen-bond donors (Lipinski definition) is 2. The quantitative estimate of drug-likeness (QED) is 0.265. The van der Waals surface area contributed by atoms with Crippen molar-refractivity contribution in [1.82, 2.24) is 35.1 Å². The zero-order valence-corrected chi connectivity index (χ0v) is 35.9. The Bertz CT molecular complexity index is 2580. The van der Waals surface area contributed by atoms with Gasteiger partial charge in [-0.15, -0.1) is 0 Å². The third-order valence-corrected chi connectivity index (χ3v) is 15.0. The summed E-state index contributed by atoms with van der Waals surface area (Å²) in [6.07, 6.45) is 0.943. The van der Waals surface area contributed by atoms with E-state index in [4.69, 9.17) is 4.74 Å². The topological polar surface area (TPSA) is 121 Å². The van der Waals surface area contributed by atoms with E-state index in [0.717, 1.165) is 70.7 Å². The number of rotatable bonds is 7. The van der Waals surface area contributed by atoms with Gasteiger partial charge in [0.1, 0.15) is 24.2 Å². The number of carbonyl (C=O) groups excluding carboxylic acids is 3. The molecule has 2 N–H and O–H groups in total. The zero-order chi connectivity index (χ0) is 43.7. The van der Waals surface area contributed by atoms with E-state index in [0.29, 0.717) is 81.2 Å². The Morgan fingerprint density at radius 2 is 1.87 bits per heavy atom. The van der Waals surface area contributed by atoms with Gasteiger partial charge in [0.05, 0.1) is 48.6 Å². The van der Waals surface area contributed by atoms with Crippen LogP contribution in [0.4, 0.5) is 24.5 Å². The van der Waals surface area contributed by atoms with E-state index >= 15 is 4.39 Å². The van der Waals surface area contributed by atoms with Crippen molar-refractivity contribution in [3.63, 3.8) is 0 Å². The number of carbonyl (C=O) groups is 3. The van der Waals surface area contributed by atoms with Crippen molar-refractivity contribution in [2.75, 3.05) is 75.3 Å². The number of ether oxygens (including phenoxy) is 1. The van der Waals surface area contributed by atoms with Crippen LogP contribution in [-0.4, -0.2) is 137 Å². The molecule has 63 heavy (non-hydrogen) atoms. The molecule has 4 aromatic rings. The van der Waals surface area contributed by atoms with E-state index in [1.54, 1.807) is 22.1 Å². The average molecular weight is 864 g/mol. The standard InChI is InChI=1S/C47H52F3N9O4/c1-26-13-29(15-35(48)41(26)42-30-6-8-36-33(16-51-53-36)32(30)14-28(3)57(42)18-39(49)50)56-23-47(24-56)21-54(22-47)19-40(60)55-11-12-59-37-10-7-31-34(43(37)63-25-46(59,4)20-55)17-58(45(31)62)38-9-5-27(2)52-44(38)61/h6-8,10,13,15-16,28,38-39,42H,2,5,9,11-12,14,17-25H2,1,3-4H3,(H,51,53)(H,52,61)/t28-,38?,42?,46-/m1/s1. The number of hydrogen-bond acceptors (Lipinski definition) is 9. The van der Waals surface area contributed by atoms with Crippen LogP contribution in [0.2, 0.25) is 0 Å². The third kappa shape index (κ3) is 6.40. The normalized spacial score (nSPS) is 26.6. The highest BCUT2D eigenvalue weighted by Gasteiger charge is 2.53. The lowest BCUT2D eigenvalue weighted by atomic mass is 9.72. The molecule has 13 nitrogen and oxygen atoms in total. The van der Waals surface area contributed by atoms with Gasteiger partial charge in [-0.3, -0.25) is 29.3 Å². The number of nitrogens with one attached hydrogen (secondary N) is 2. The number of benzene rings is 3. The summed E-state index contributed by atoms with van der Waals surface area (Å²) in [5.74, 6) is 0.00747. The van der Waals surface area contributed by atoms with Crippen LogP contribution >= 0.6 is 0 Å². The van der Waals surface area contributed by atoms with Crippen molar-refractivity contribution < 1.29 is 32.3 Å². The first kappa shape index (κ1) is 40.2. The SMILES string of the molecule is C=C1CCC(N2Cc3c(ccc4c3OC[C@@]3(C)CN(C(=O)CN5CC6(C5)CN(c5cc(C)c(C7c8ccc9[nH]ncc9c8C[C@@H](C)N7CC(F)F)c(F)c5)C6)CCN43)C2=O)C(=O)N1. The fourth-order valence-electron chi connectivity index (χ4n) is 12.0. The number of nitrogens with zero attached hydrogens (tertiary/aromatic N) is 7. The van der Waals surface area contributed by atoms with Crippen LogP contribution in [0.1, 0.15) is 70.9 Å². The number of likely N-dealkylation sites (tertiary alicyclic amines) is 1. The lowest BCUT2D eigenvalue weighted by Crippen LogP contribution is -2.73. The van der Waals surface area contributed by atoms with Crippen molar-refractivity contribution in [2.45, 2.75) is 76.7 Å². The molecule has 4 saturated heterocycles. The van der Waals surface area contributed by atoms with Crippen LogP contribution in [0.3, 0.4) is 0 Å². The number of aromatic amines is 1. The Morgan fingerprint density at radius 1 is 1.06 bits per heavy atom. The van der Waals surface area contributed by atoms with Crippen molar-refractivity contribution in [3.05, 3.63) is 94.1 Å². The number of piperidine rings is 1. The van der Waals surface area contributed by atoms with Gasteiger partial charge < -0.3 is 29.7 Å². The molecule has 4 fully saturated rings. The molecular weight excluding hydrogens is 812 g/mol. The highest BCUT2D eigenvalue weighted by molar-refractivity contribution is 6.03. The smallest absolute Gasteiger partial charge is 0.255 e. The Morgan fingerprint density at radius 3 is 2.63 bits per heavy atom. The molecule has 16 heteroatoms. The van der Waals surface area contributed by atoms with E-state index in [-0.39, 0.29) is 29.2 Å². The average Bonchev–Trinajstić information content (AvgIpc) is 3.83. The van der Waals surface area contributed by atoms with Crippen molar-refractivity contribution >= 4 is 40.0 Å². The second-order valence-electron chi connectivity index (χ2n) is 19.4. The molecule has 0 radical (unpaired) electrons. The molecule has 0 saturated carbocycles. The van der Waals surface area contributed by atoms with Gasteiger partial charge in [-0.25, -0.2) is 13.2 Å². The minimum absolute atomic E-state index is 0.0311. The highest BCUT2D eigenvalue weighted by Crippen LogP contribution is 2.48. The number of aromatic nitrogens is 2. The molecular formula is C47H52F3N9O4. The first-order valence-corrected chi connectivity index (χ1v) is 22.1. The summed E-state index contributed by atoms with van der Waals surface area (Å²) < 4.78 is 51.0. The minimum Gasteiger partial charge on any atom is -0.489 e. The molecule has 3 amide bonds. The van der Waals surface area contributed by atoms with E-state index in [1.165, 1.54) is 0 Å². The second-order valence-corrected chi connectivity index (χ2v) is 19.4. The fourth-order valence-corrected chi connectivity index (χ4v) is 12.0. The van der Waals surface area contributed by atoms with E-state index in [9.17, 15) is 23.2 Å². The summed E-state index contributed by atoms with van der Waals surface area (Å²) in [6, 6.07) is 9.74. The maximum Gasteiger partial charge on any atom is 0.255 e. The van der Waals surface area contributed by atoms with Gasteiger partial charge in [-0.2, -0.15) is 5.10 Å². The molecule has 2 unspecified atom stereocenters. The minimum atomic E-state index is -2.56. The van der Waals surface area contributed by atoms with E-state index in [1.807, 2.05) is 49.1 Å². The van der Waals surface area contributed by atoms with Gasteiger partial charge in [0.15, 0.2) is 0 Å². The molecule has 330 valence electrons. The Hall–Kier alpha value is -5.61. The molecule has 8 heterocycles. The van der Waals surface area contributed by atoms with Crippen LogP contribution in [0.15, 0.2) is 54.9 Å². The second kappa shape index (κ2) is 14.5. The first-order valence-electron chi connectivity index (χ1n) is 22.1. The molecule has 11 rings (SSSR count). The van der Waals surface area contributed by atoms with Gasteiger partial charge in [0.2, 0.25) is 11.8 Å². The Labute approximate surface area is 363 Å². The third-order valence-electron chi connectivity index (χ3n) is 15.0. The number of allylic oxidation sites excluding steroid dienone is 1. The molecule has 1 aromatic heterocycles. The molecule has 0 aliphatic carbocycles. The number of piperazine rings is 1. The maximum absolute atomic E-state index is 16.5. The summed E-state index contributed by atoms with van der Waals surface area (Å²) in [6.45, 7) is 15.1. The maximum atomic E-state index is 16.5. The van der Waals surface area contributed by atoms with E-state index < -0.39 is 36.4 Å². The number of halogens is 3. The van der Waals surface area contributed by atoms with Gasteiger partial charge in [-0.05, 0) is 87.1 Å². The lowest BCUT2D eigenvalue weighted by molar-refractivity contribution is -0.138. The number of aryl methyl sites for hydroxylation is 1. The van der Waals surface area contributed by atoms with Crippen LogP contribution in [0.25, 0.3) is 10.9 Å². The predicted octanol–water partition coefficient (Wildman–Crippen LogP) is 4.98. The van der Waals surface area contributed by atoms with Crippen LogP contribution in [-0.2, 0) is 22.6 Å². The van der Waals surface area contributed by atoms with E-state index in [2.05, 4.69) is 43.7 Å². The number of anilines is 2. The molecule has 3 aromatic carbocycles. The molecule has 7 aliphatic rings. The summed E-state index contributed by atoms with van der Waals surface area (Å²) in [5, 5.41) is 11.0.